The highest BCUT2D eigenvalue weighted by atomic mass is 16.3. The second-order valence-corrected chi connectivity index (χ2v) is 5.47. The van der Waals surface area contributed by atoms with E-state index in [1.54, 1.807) is 6.92 Å². The van der Waals surface area contributed by atoms with Crippen LogP contribution in [-0.4, -0.2) is 10.9 Å². The van der Waals surface area contributed by atoms with Crippen molar-refractivity contribution >= 4 is 5.78 Å². The number of ketones is 1. The molecule has 0 spiro atoms. The van der Waals surface area contributed by atoms with Gasteiger partial charge in [-0.1, -0.05) is 60.7 Å². The van der Waals surface area contributed by atoms with Crippen LogP contribution in [0, 0.1) is 0 Å². The first-order valence-electron chi connectivity index (χ1n) is 7.66. The number of benzene rings is 2. The predicted molar refractivity (Wildman–Crippen MR) is 89.9 cm³/mol. The van der Waals surface area contributed by atoms with Crippen LogP contribution < -0.4 is 0 Å². The minimum atomic E-state index is 0.0226. The lowest BCUT2D eigenvalue weighted by Gasteiger charge is -2.06. The lowest BCUT2D eigenvalue weighted by atomic mass is 10.0. The van der Waals surface area contributed by atoms with Crippen LogP contribution >= 0.6 is 0 Å². The Balaban J connectivity index is 1.87. The Labute approximate surface area is 132 Å². The smallest absolute Gasteiger partial charge is 0.162 e. The van der Waals surface area contributed by atoms with E-state index in [1.165, 1.54) is 5.56 Å². The molecule has 114 valence electrons. The van der Waals surface area contributed by atoms with Crippen LogP contribution in [0.25, 0.3) is 0 Å². The van der Waals surface area contributed by atoms with Gasteiger partial charge in [0.25, 0.3) is 0 Å². The summed E-state index contributed by atoms with van der Waals surface area (Å²) in [5, 5.41) is 10.1. The summed E-state index contributed by atoms with van der Waals surface area (Å²) in [5.74, 6) is 0.233. The maximum Gasteiger partial charge on any atom is 0.162 e. The van der Waals surface area contributed by atoms with E-state index in [0.29, 0.717) is 24.8 Å². The summed E-state index contributed by atoms with van der Waals surface area (Å²) in [6.07, 6.45) is 2.40. The molecule has 0 aromatic heterocycles. The van der Waals surface area contributed by atoms with Crippen molar-refractivity contribution in [1.29, 1.82) is 0 Å². The third-order valence-electron chi connectivity index (χ3n) is 3.83. The van der Waals surface area contributed by atoms with E-state index in [2.05, 4.69) is 0 Å². The fraction of sp³-hybridized carbons (Fsp3) is 0.250. The number of aliphatic hydroxyl groups excluding tert-OH is 1. The second kappa shape index (κ2) is 8.18. The minimum absolute atomic E-state index is 0.0226. The molecule has 0 radical (unpaired) electrons. The first kappa shape index (κ1) is 16.0. The summed E-state index contributed by atoms with van der Waals surface area (Å²) in [5.41, 5.74) is 2.80. The summed E-state index contributed by atoms with van der Waals surface area (Å²) in [4.78, 5) is 12.2. The number of hydrogen-bond acceptors (Lipinski definition) is 2. The molecule has 2 nitrogen and oxygen atoms in total. The molecule has 2 rings (SSSR count). The van der Waals surface area contributed by atoms with E-state index < -0.39 is 0 Å². The first-order valence-corrected chi connectivity index (χ1v) is 7.66. The molecule has 0 amide bonds. The van der Waals surface area contributed by atoms with Crippen molar-refractivity contribution in [3.63, 3.8) is 0 Å². The number of Topliss-reactive ketones (excluding diaryl/α,β-unsaturated/α-hetero) is 1. The van der Waals surface area contributed by atoms with Crippen molar-refractivity contribution in [3.05, 3.63) is 83.1 Å². The molecular weight excluding hydrogens is 272 g/mol. The van der Waals surface area contributed by atoms with E-state index in [0.717, 1.165) is 12.0 Å². The number of carbonyl (C=O) groups excluding carboxylic acids is 1. The van der Waals surface area contributed by atoms with Crippen LogP contribution in [0.2, 0.25) is 0 Å². The zero-order chi connectivity index (χ0) is 15.8. The molecule has 0 saturated carbocycles. The van der Waals surface area contributed by atoms with Crippen LogP contribution in [0.5, 0.6) is 0 Å². The molecule has 2 heteroatoms. The van der Waals surface area contributed by atoms with Crippen molar-refractivity contribution in [1.82, 2.24) is 0 Å². The summed E-state index contributed by atoms with van der Waals surface area (Å²) in [7, 11) is 0. The fourth-order valence-corrected chi connectivity index (χ4v) is 2.35. The Morgan fingerprint density at radius 1 is 0.818 bits per heavy atom. The standard InChI is InChI=1S/C20H22O2/c1-16(19(21)14-12-17-8-4-2-5-9-17)20(22)15-13-18-10-6-3-7-11-18/h2-11,21H,12-15H2,1H3/b19-16-. The number of aliphatic hydroxyl groups is 1. The Bertz CT molecular complexity index is 627. The maximum atomic E-state index is 12.2. The molecule has 2 aromatic rings. The lowest BCUT2D eigenvalue weighted by Crippen LogP contribution is -2.05. The van der Waals surface area contributed by atoms with Gasteiger partial charge in [0, 0.05) is 18.4 Å². The van der Waals surface area contributed by atoms with Gasteiger partial charge in [0.1, 0.15) is 0 Å². The number of hydrogen-bond donors (Lipinski definition) is 1. The summed E-state index contributed by atoms with van der Waals surface area (Å²) in [6, 6.07) is 19.9. The molecule has 0 unspecified atom stereocenters. The molecule has 0 fully saturated rings. The molecule has 0 aliphatic rings. The van der Waals surface area contributed by atoms with Crippen molar-refractivity contribution in [2.75, 3.05) is 0 Å². The predicted octanol–water partition coefficient (Wildman–Crippen LogP) is 4.65. The van der Waals surface area contributed by atoms with Crippen LogP contribution in [0.4, 0.5) is 0 Å². The van der Waals surface area contributed by atoms with E-state index >= 15 is 0 Å². The molecule has 0 atom stereocenters. The quantitative estimate of drug-likeness (QED) is 0.596. The fourth-order valence-electron chi connectivity index (χ4n) is 2.35. The van der Waals surface area contributed by atoms with E-state index in [-0.39, 0.29) is 11.5 Å². The van der Waals surface area contributed by atoms with Gasteiger partial charge in [-0.15, -0.1) is 0 Å². The first-order chi connectivity index (χ1) is 10.7. The summed E-state index contributed by atoms with van der Waals surface area (Å²) < 4.78 is 0. The second-order valence-electron chi connectivity index (χ2n) is 5.47. The van der Waals surface area contributed by atoms with Gasteiger partial charge >= 0.3 is 0 Å². The molecule has 0 saturated heterocycles. The van der Waals surface area contributed by atoms with E-state index in [9.17, 15) is 9.90 Å². The lowest BCUT2D eigenvalue weighted by molar-refractivity contribution is -0.115. The van der Waals surface area contributed by atoms with Gasteiger partial charge in [0.2, 0.25) is 0 Å². The molecule has 0 bridgehead atoms. The molecule has 0 heterocycles. The normalized spacial score (nSPS) is 11.9. The highest BCUT2D eigenvalue weighted by molar-refractivity contribution is 5.95. The van der Waals surface area contributed by atoms with Crippen LogP contribution in [0.15, 0.2) is 72.0 Å². The van der Waals surface area contributed by atoms with E-state index in [4.69, 9.17) is 0 Å². The average Bonchev–Trinajstić information content (AvgIpc) is 2.58. The molecule has 0 aliphatic heterocycles. The highest BCUT2D eigenvalue weighted by Gasteiger charge is 2.10. The monoisotopic (exact) mass is 294 g/mol. The van der Waals surface area contributed by atoms with Crippen LogP contribution in [-0.2, 0) is 17.6 Å². The molecule has 1 N–H and O–H groups in total. The van der Waals surface area contributed by atoms with Crippen molar-refractivity contribution in [3.8, 4) is 0 Å². The molecule has 0 aliphatic carbocycles. The van der Waals surface area contributed by atoms with E-state index in [1.807, 2.05) is 60.7 Å². The summed E-state index contributed by atoms with van der Waals surface area (Å²) in [6.45, 7) is 1.72. The van der Waals surface area contributed by atoms with Gasteiger partial charge in [0.15, 0.2) is 5.78 Å². The zero-order valence-corrected chi connectivity index (χ0v) is 13.0. The SMILES string of the molecule is C/C(C(=O)CCc1ccccc1)=C(/O)CCc1ccccc1. The largest absolute Gasteiger partial charge is 0.512 e. The van der Waals surface area contributed by atoms with Gasteiger partial charge in [0.05, 0.1) is 5.76 Å². The average molecular weight is 294 g/mol. The third-order valence-corrected chi connectivity index (χ3v) is 3.83. The molecular formula is C20H22O2. The Hall–Kier alpha value is -2.35. The van der Waals surface area contributed by atoms with Gasteiger partial charge in [-0.2, -0.15) is 0 Å². The number of carbonyl (C=O) groups is 1. The van der Waals surface area contributed by atoms with Crippen molar-refractivity contribution < 1.29 is 9.90 Å². The van der Waals surface area contributed by atoms with Crippen molar-refractivity contribution in [2.45, 2.75) is 32.6 Å². The van der Waals surface area contributed by atoms with Crippen molar-refractivity contribution in [2.24, 2.45) is 0 Å². The van der Waals surface area contributed by atoms with Crippen LogP contribution in [0.3, 0.4) is 0 Å². The number of allylic oxidation sites excluding steroid dienone is 2. The highest BCUT2D eigenvalue weighted by Crippen LogP contribution is 2.14. The Morgan fingerprint density at radius 3 is 1.77 bits per heavy atom. The Kier molecular flexibility index (Phi) is 5.96. The Morgan fingerprint density at radius 2 is 1.27 bits per heavy atom. The van der Waals surface area contributed by atoms with Gasteiger partial charge < -0.3 is 5.11 Å². The number of rotatable bonds is 7. The third kappa shape index (κ3) is 4.88. The molecule has 22 heavy (non-hydrogen) atoms. The number of aryl methyl sites for hydroxylation is 2. The topological polar surface area (TPSA) is 37.3 Å². The van der Waals surface area contributed by atoms with Gasteiger partial charge in [-0.25, -0.2) is 0 Å². The maximum absolute atomic E-state index is 12.2. The summed E-state index contributed by atoms with van der Waals surface area (Å²) >= 11 is 0. The van der Waals surface area contributed by atoms with Gasteiger partial charge in [-0.05, 0) is 30.9 Å². The van der Waals surface area contributed by atoms with Crippen LogP contribution in [0.1, 0.15) is 30.9 Å². The minimum Gasteiger partial charge on any atom is -0.512 e. The zero-order valence-electron chi connectivity index (χ0n) is 13.0. The molecule has 2 aromatic carbocycles. The van der Waals surface area contributed by atoms with Gasteiger partial charge in [-0.3, -0.25) is 4.79 Å².